The van der Waals surface area contributed by atoms with E-state index in [9.17, 15) is 0 Å². The van der Waals surface area contributed by atoms with E-state index in [-0.39, 0.29) is 0 Å². The predicted molar refractivity (Wildman–Crippen MR) is 153 cm³/mol. The van der Waals surface area contributed by atoms with Crippen molar-refractivity contribution in [2.24, 2.45) is 0 Å². The average Bonchev–Trinajstić information content (AvgIpc) is 3.31. The molecule has 164 valence electrons. The van der Waals surface area contributed by atoms with E-state index in [2.05, 4.69) is 133 Å². The van der Waals surface area contributed by atoms with Crippen molar-refractivity contribution in [1.82, 2.24) is 0 Å². The second-order valence-corrected chi connectivity index (χ2v) is 10.1. The third-order valence-electron chi connectivity index (χ3n) is 6.88. The van der Waals surface area contributed by atoms with Crippen molar-refractivity contribution in [3.63, 3.8) is 0 Å². The summed E-state index contributed by atoms with van der Waals surface area (Å²) < 4.78 is 2.70. The Kier molecular flexibility index (Phi) is 4.75. The smallest absolute Gasteiger partial charge is 0.0355 e. The van der Waals surface area contributed by atoms with Gasteiger partial charge in [0.2, 0.25) is 0 Å². The van der Waals surface area contributed by atoms with Crippen LogP contribution in [0.25, 0.3) is 64.3 Å². The van der Waals surface area contributed by atoms with Crippen molar-refractivity contribution in [3.05, 3.63) is 133 Å². The highest BCUT2D eigenvalue weighted by molar-refractivity contribution is 7.25. The quantitative estimate of drug-likeness (QED) is 0.245. The largest absolute Gasteiger partial charge is 0.135 e. The van der Waals surface area contributed by atoms with Crippen LogP contribution < -0.4 is 0 Å². The molecule has 7 aromatic rings. The number of benzene rings is 6. The lowest BCUT2D eigenvalue weighted by molar-refractivity contribution is 1.60. The van der Waals surface area contributed by atoms with E-state index < -0.39 is 0 Å². The van der Waals surface area contributed by atoms with Crippen LogP contribution in [0.4, 0.5) is 0 Å². The molecule has 0 unspecified atom stereocenters. The third-order valence-corrected chi connectivity index (χ3v) is 8.03. The summed E-state index contributed by atoms with van der Waals surface area (Å²) in [5, 5.41) is 5.22. The monoisotopic (exact) mass is 462 g/mol. The van der Waals surface area contributed by atoms with Crippen molar-refractivity contribution in [2.45, 2.75) is 0 Å². The third kappa shape index (κ3) is 3.62. The normalized spacial score (nSPS) is 11.4. The minimum atomic E-state index is 1.24. The molecular formula is C34H22S. The SMILES string of the molecule is c1ccc(-c2ccc(-c3ccc4cc(-c5ccc6sc7ccccc7c6c5)ccc4c3)cc2)cc1. The zero-order valence-electron chi connectivity index (χ0n) is 19.1. The molecule has 0 bridgehead atoms. The first-order chi connectivity index (χ1) is 17.3. The molecule has 35 heavy (non-hydrogen) atoms. The lowest BCUT2D eigenvalue weighted by atomic mass is 9.96. The van der Waals surface area contributed by atoms with Gasteiger partial charge in [-0.25, -0.2) is 0 Å². The van der Waals surface area contributed by atoms with E-state index >= 15 is 0 Å². The topological polar surface area (TPSA) is 0 Å². The molecular weight excluding hydrogens is 440 g/mol. The van der Waals surface area contributed by atoms with Crippen LogP contribution in [-0.4, -0.2) is 0 Å². The van der Waals surface area contributed by atoms with Crippen molar-refractivity contribution in [1.29, 1.82) is 0 Å². The van der Waals surface area contributed by atoms with E-state index in [1.54, 1.807) is 0 Å². The summed E-state index contributed by atoms with van der Waals surface area (Å²) in [6, 6.07) is 48.5. The maximum absolute atomic E-state index is 2.35. The fourth-order valence-electron chi connectivity index (χ4n) is 5.00. The van der Waals surface area contributed by atoms with Crippen LogP contribution in [-0.2, 0) is 0 Å². The summed E-state index contributed by atoms with van der Waals surface area (Å²) in [4.78, 5) is 0. The molecule has 0 atom stereocenters. The number of hydrogen-bond acceptors (Lipinski definition) is 1. The number of hydrogen-bond donors (Lipinski definition) is 0. The second-order valence-electron chi connectivity index (χ2n) is 9.03. The van der Waals surface area contributed by atoms with E-state index in [0.29, 0.717) is 0 Å². The molecule has 0 amide bonds. The standard InChI is InChI=1S/C34H22S/c1-2-6-23(7-3-1)24-10-12-25(13-11-24)26-14-15-28-21-29(17-16-27(28)20-26)30-18-19-34-32(22-30)31-8-4-5-9-33(31)35-34/h1-22H. The van der Waals surface area contributed by atoms with Gasteiger partial charge in [0, 0.05) is 20.2 Å². The highest BCUT2D eigenvalue weighted by atomic mass is 32.1. The number of fused-ring (bicyclic) bond motifs is 4. The van der Waals surface area contributed by atoms with Gasteiger partial charge in [0.25, 0.3) is 0 Å². The van der Waals surface area contributed by atoms with Crippen molar-refractivity contribution < 1.29 is 0 Å². The first-order valence-corrected chi connectivity index (χ1v) is 12.7. The zero-order valence-corrected chi connectivity index (χ0v) is 19.9. The molecule has 6 aromatic carbocycles. The Morgan fingerprint density at radius 3 is 1.54 bits per heavy atom. The lowest BCUT2D eigenvalue weighted by Crippen LogP contribution is -1.83. The van der Waals surface area contributed by atoms with Gasteiger partial charge in [-0.15, -0.1) is 11.3 Å². The van der Waals surface area contributed by atoms with Crippen LogP contribution in [0.15, 0.2) is 133 Å². The molecule has 0 fully saturated rings. The Bertz CT molecular complexity index is 1820. The molecule has 1 heterocycles. The van der Waals surface area contributed by atoms with Gasteiger partial charge >= 0.3 is 0 Å². The number of rotatable bonds is 3. The molecule has 0 radical (unpaired) electrons. The molecule has 7 rings (SSSR count). The van der Waals surface area contributed by atoms with Gasteiger partial charge in [-0.05, 0) is 74.5 Å². The lowest BCUT2D eigenvalue weighted by Gasteiger charge is -2.08. The van der Waals surface area contributed by atoms with Crippen molar-refractivity contribution >= 4 is 42.3 Å². The molecule has 0 spiro atoms. The highest BCUT2D eigenvalue weighted by Gasteiger charge is 2.08. The minimum Gasteiger partial charge on any atom is -0.135 e. The molecule has 0 saturated heterocycles. The van der Waals surface area contributed by atoms with Crippen molar-refractivity contribution in [2.75, 3.05) is 0 Å². The molecule has 0 N–H and O–H groups in total. The van der Waals surface area contributed by atoms with Crippen molar-refractivity contribution in [3.8, 4) is 33.4 Å². The van der Waals surface area contributed by atoms with Gasteiger partial charge in [-0.1, -0.05) is 103 Å². The maximum Gasteiger partial charge on any atom is 0.0355 e. The Morgan fingerprint density at radius 1 is 0.314 bits per heavy atom. The van der Waals surface area contributed by atoms with Crippen LogP contribution in [0.1, 0.15) is 0 Å². The first kappa shape index (κ1) is 20.2. The average molecular weight is 463 g/mol. The van der Waals surface area contributed by atoms with Crippen LogP contribution in [0.2, 0.25) is 0 Å². The minimum absolute atomic E-state index is 1.24. The van der Waals surface area contributed by atoms with Gasteiger partial charge in [0.15, 0.2) is 0 Å². The molecule has 0 aliphatic rings. The van der Waals surface area contributed by atoms with Crippen LogP contribution >= 0.6 is 11.3 Å². The van der Waals surface area contributed by atoms with E-state index in [0.717, 1.165) is 0 Å². The van der Waals surface area contributed by atoms with Gasteiger partial charge in [0.1, 0.15) is 0 Å². The summed E-state index contributed by atoms with van der Waals surface area (Å²) in [6.07, 6.45) is 0. The fourth-order valence-corrected chi connectivity index (χ4v) is 6.08. The van der Waals surface area contributed by atoms with Crippen LogP contribution in [0.5, 0.6) is 0 Å². The number of thiophene rings is 1. The highest BCUT2D eigenvalue weighted by Crippen LogP contribution is 2.37. The van der Waals surface area contributed by atoms with Gasteiger partial charge in [0.05, 0.1) is 0 Å². The molecule has 0 saturated carbocycles. The molecule has 0 nitrogen and oxygen atoms in total. The Hall–Kier alpha value is -4.20. The predicted octanol–water partition coefficient (Wildman–Crippen LogP) is 10.2. The molecule has 1 aromatic heterocycles. The van der Waals surface area contributed by atoms with Gasteiger partial charge in [-0.2, -0.15) is 0 Å². The van der Waals surface area contributed by atoms with Crippen LogP contribution in [0.3, 0.4) is 0 Å². The van der Waals surface area contributed by atoms with E-state index in [1.165, 1.54) is 64.3 Å². The maximum atomic E-state index is 2.35. The van der Waals surface area contributed by atoms with Gasteiger partial charge < -0.3 is 0 Å². The summed E-state index contributed by atoms with van der Waals surface area (Å²) >= 11 is 1.87. The zero-order chi connectivity index (χ0) is 23.2. The Labute approximate surface area is 208 Å². The van der Waals surface area contributed by atoms with E-state index in [4.69, 9.17) is 0 Å². The summed E-state index contributed by atoms with van der Waals surface area (Å²) in [6.45, 7) is 0. The summed E-state index contributed by atoms with van der Waals surface area (Å²) in [5.41, 5.74) is 7.51. The Morgan fingerprint density at radius 2 is 0.800 bits per heavy atom. The summed E-state index contributed by atoms with van der Waals surface area (Å²) in [5.74, 6) is 0. The summed E-state index contributed by atoms with van der Waals surface area (Å²) in [7, 11) is 0. The molecule has 0 aliphatic heterocycles. The van der Waals surface area contributed by atoms with Gasteiger partial charge in [-0.3, -0.25) is 0 Å². The molecule has 0 aliphatic carbocycles. The molecule has 1 heteroatoms. The fraction of sp³-hybridized carbons (Fsp3) is 0. The Balaban J connectivity index is 1.23. The second kappa shape index (κ2) is 8.23. The van der Waals surface area contributed by atoms with E-state index in [1.807, 2.05) is 11.3 Å². The first-order valence-electron chi connectivity index (χ1n) is 11.9. The van der Waals surface area contributed by atoms with Crippen LogP contribution in [0, 0.1) is 0 Å².